The lowest BCUT2D eigenvalue weighted by molar-refractivity contribution is 0.183. The maximum absolute atomic E-state index is 5.86. The van der Waals surface area contributed by atoms with Gasteiger partial charge in [-0.25, -0.2) is 0 Å². The van der Waals surface area contributed by atoms with Crippen molar-refractivity contribution in [3.05, 3.63) is 29.3 Å². The Labute approximate surface area is 123 Å². The third-order valence-electron chi connectivity index (χ3n) is 4.33. The summed E-state index contributed by atoms with van der Waals surface area (Å²) in [6.07, 6.45) is 1.18. The van der Waals surface area contributed by atoms with Crippen LogP contribution in [0.1, 0.15) is 31.9 Å². The molecule has 0 fully saturated rings. The highest BCUT2D eigenvalue weighted by atomic mass is 15.1. The van der Waals surface area contributed by atoms with Gasteiger partial charge in [-0.3, -0.25) is 4.90 Å². The number of nitrogens with zero attached hydrogens (tertiary/aromatic N) is 2. The first-order valence-corrected chi connectivity index (χ1v) is 7.70. The van der Waals surface area contributed by atoms with Gasteiger partial charge in [0.2, 0.25) is 0 Å². The van der Waals surface area contributed by atoms with Gasteiger partial charge in [0, 0.05) is 32.4 Å². The van der Waals surface area contributed by atoms with Crippen molar-refractivity contribution >= 4 is 5.69 Å². The Hall–Kier alpha value is -1.06. The van der Waals surface area contributed by atoms with E-state index in [2.05, 4.69) is 55.8 Å². The van der Waals surface area contributed by atoms with Gasteiger partial charge < -0.3 is 10.6 Å². The fraction of sp³-hybridized carbons (Fsp3) is 0.647. The summed E-state index contributed by atoms with van der Waals surface area (Å²) in [4.78, 5) is 4.83. The molecule has 0 radical (unpaired) electrons. The molecule has 0 amide bonds. The lowest BCUT2D eigenvalue weighted by atomic mass is 9.93. The van der Waals surface area contributed by atoms with Gasteiger partial charge in [0.15, 0.2) is 0 Å². The van der Waals surface area contributed by atoms with Crippen LogP contribution in [0.15, 0.2) is 18.2 Å². The number of hydrogen-bond acceptors (Lipinski definition) is 3. The van der Waals surface area contributed by atoms with Crippen molar-refractivity contribution in [1.29, 1.82) is 0 Å². The summed E-state index contributed by atoms with van der Waals surface area (Å²) in [7, 11) is 2.17. The monoisotopic (exact) mass is 275 g/mol. The number of rotatable bonds is 6. The molecule has 2 N–H and O–H groups in total. The summed E-state index contributed by atoms with van der Waals surface area (Å²) in [5.41, 5.74) is 10.4. The van der Waals surface area contributed by atoms with E-state index in [1.165, 1.54) is 23.2 Å². The first-order chi connectivity index (χ1) is 9.45. The quantitative estimate of drug-likeness (QED) is 0.866. The molecule has 20 heavy (non-hydrogen) atoms. The zero-order valence-electron chi connectivity index (χ0n) is 13.4. The first kappa shape index (κ1) is 15.3. The van der Waals surface area contributed by atoms with E-state index in [4.69, 9.17) is 5.73 Å². The fourth-order valence-corrected chi connectivity index (χ4v) is 2.93. The number of anilines is 1. The van der Waals surface area contributed by atoms with Crippen LogP contribution in [0.25, 0.3) is 0 Å². The molecule has 1 heterocycles. The first-order valence-electron chi connectivity index (χ1n) is 7.70. The van der Waals surface area contributed by atoms with Crippen LogP contribution in [0.3, 0.4) is 0 Å². The van der Waals surface area contributed by atoms with Crippen molar-refractivity contribution in [2.45, 2.75) is 33.7 Å². The van der Waals surface area contributed by atoms with Crippen molar-refractivity contribution in [2.24, 2.45) is 11.1 Å². The highest BCUT2D eigenvalue weighted by Crippen LogP contribution is 2.28. The number of hydrogen-bond donors (Lipinski definition) is 1. The molecule has 0 aliphatic carbocycles. The average Bonchev–Trinajstić information content (AvgIpc) is 2.79. The van der Waals surface area contributed by atoms with Crippen molar-refractivity contribution < 1.29 is 0 Å². The van der Waals surface area contributed by atoms with Crippen LogP contribution in [0.2, 0.25) is 0 Å². The van der Waals surface area contributed by atoms with E-state index in [1.807, 2.05) is 0 Å². The summed E-state index contributed by atoms with van der Waals surface area (Å²) in [6.45, 7) is 11.7. The smallest absolute Gasteiger partial charge is 0.0397 e. The van der Waals surface area contributed by atoms with E-state index in [-0.39, 0.29) is 5.41 Å². The molecule has 0 unspecified atom stereocenters. The molecule has 0 spiro atoms. The van der Waals surface area contributed by atoms with Gasteiger partial charge >= 0.3 is 0 Å². The molecule has 0 saturated heterocycles. The van der Waals surface area contributed by atoms with Crippen molar-refractivity contribution in [3.8, 4) is 0 Å². The SMILES string of the molecule is CCN(Cc1ccc2c(c1)CCN2C)CC(C)(C)CN. The minimum Gasteiger partial charge on any atom is -0.374 e. The second-order valence-corrected chi connectivity index (χ2v) is 6.81. The molecule has 0 saturated carbocycles. The molecule has 1 aliphatic heterocycles. The Kier molecular flexibility index (Phi) is 4.71. The molecule has 3 nitrogen and oxygen atoms in total. The third-order valence-corrected chi connectivity index (χ3v) is 4.33. The molecular formula is C17H29N3. The van der Waals surface area contributed by atoms with Crippen molar-refractivity contribution in [1.82, 2.24) is 4.90 Å². The summed E-state index contributed by atoms with van der Waals surface area (Å²) in [5, 5.41) is 0. The van der Waals surface area contributed by atoms with Crippen LogP contribution < -0.4 is 10.6 Å². The second kappa shape index (κ2) is 6.15. The van der Waals surface area contributed by atoms with Gasteiger partial charge in [-0.05, 0) is 42.1 Å². The minimum absolute atomic E-state index is 0.187. The summed E-state index contributed by atoms with van der Waals surface area (Å²) >= 11 is 0. The van der Waals surface area contributed by atoms with Crippen LogP contribution in [0.5, 0.6) is 0 Å². The highest BCUT2D eigenvalue weighted by Gasteiger charge is 2.20. The Morgan fingerprint density at radius 3 is 2.75 bits per heavy atom. The molecule has 1 aromatic carbocycles. The minimum atomic E-state index is 0.187. The largest absolute Gasteiger partial charge is 0.374 e. The van der Waals surface area contributed by atoms with Gasteiger partial charge in [-0.1, -0.05) is 32.9 Å². The standard InChI is InChI=1S/C17H29N3/c1-5-20(13-17(2,3)12-18)11-14-6-7-16-15(10-14)8-9-19(16)4/h6-7,10H,5,8-9,11-13,18H2,1-4H3. The number of nitrogens with two attached hydrogens (primary N) is 1. The van der Waals surface area contributed by atoms with Gasteiger partial charge in [-0.2, -0.15) is 0 Å². The van der Waals surface area contributed by atoms with Crippen LogP contribution >= 0.6 is 0 Å². The van der Waals surface area contributed by atoms with E-state index >= 15 is 0 Å². The highest BCUT2D eigenvalue weighted by molar-refractivity contribution is 5.58. The number of fused-ring (bicyclic) bond motifs is 1. The summed E-state index contributed by atoms with van der Waals surface area (Å²) in [5.74, 6) is 0. The molecule has 0 atom stereocenters. The van der Waals surface area contributed by atoms with E-state index in [9.17, 15) is 0 Å². The maximum atomic E-state index is 5.86. The van der Waals surface area contributed by atoms with Crippen LogP contribution in [0, 0.1) is 5.41 Å². The molecule has 1 aromatic rings. The molecule has 112 valence electrons. The van der Waals surface area contributed by atoms with Gasteiger partial charge in [0.25, 0.3) is 0 Å². The zero-order valence-corrected chi connectivity index (χ0v) is 13.4. The van der Waals surface area contributed by atoms with Gasteiger partial charge in [0.1, 0.15) is 0 Å². The van der Waals surface area contributed by atoms with E-state index in [0.29, 0.717) is 0 Å². The normalized spacial score (nSPS) is 15.0. The Morgan fingerprint density at radius 2 is 2.10 bits per heavy atom. The molecular weight excluding hydrogens is 246 g/mol. The summed E-state index contributed by atoms with van der Waals surface area (Å²) in [6, 6.07) is 6.94. The van der Waals surface area contributed by atoms with Crippen molar-refractivity contribution in [3.63, 3.8) is 0 Å². The third kappa shape index (κ3) is 3.53. The van der Waals surface area contributed by atoms with Crippen LogP contribution in [-0.2, 0) is 13.0 Å². The second-order valence-electron chi connectivity index (χ2n) is 6.81. The summed E-state index contributed by atoms with van der Waals surface area (Å²) < 4.78 is 0. The number of likely N-dealkylation sites (N-methyl/N-ethyl adjacent to an activating group) is 1. The zero-order chi connectivity index (χ0) is 14.8. The average molecular weight is 275 g/mol. The lowest BCUT2D eigenvalue weighted by Crippen LogP contribution is -2.38. The van der Waals surface area contributed by atoms with E-state index < -0.39 is 0 Å². The predicted octanol–water partition coefficient (Wildman–Crippen LogP) is 2.49. The Balaban J connectivity index is 2.05. The Bertz CT molecular complexity index is 454. The van der Waals surface area contributed by atoms with Crippen LogP contribution in [-0.4, -0.2) is 38.1 Å². The predicted molar refractivity (Wildman–Crippen MR) is 87.2 cm³/mol. The van der Waals surface area contributed by atoms with Gasteiger partial charge in [-0.15, -0.1) is 0 Å². The molecule has 3 heteroatoms. The van der Waals surface area contributed by atoms with Crippen molar-refractivity contribution in [2.75, 3.05) is 38.1 Å². The lowest BCUT2D eigenvalue weighted by Gasteiger charge is -2.31. The molecule has 1 aliphatic rings. The fourth-order valence-electron chi connectivity index (χ4n) is 2.93. The molecule has 0 aromatic heterocycles. The van der Waals surface area contributed by atoms with E-state index in [1.54, 1.807) is 0 Å². The topological polar surface area (TPSA) is 32.5 Å². The number of benzene rings is 1. The van der Waals surface area contributed by atoms with E-state index in [0.717, 1.165) is 32.7 Å². The van der Waals surface area contributed by atoms with Crippen LogP contribution in [0.4, 0.5) is 5.69 Å². The maximum Gasteiger partial charge on any atom is 0.0397 e. The Morgan fingerprint density at radius 1 is 1.35 bits per heavy atom. The molecule has 2 rings (SSSR count). The molecule has 0 bridgehead atoms. The van der Waals surface area contributed by atoms with Gasteiger partial charge in [0.05, 0.1) is 0 Å².